The summed E-state index contributed by atoms with van der Waals surface area (Å²) in [6.07, 6.45) is 1.65. The van der Waals surface area contributed by atoms with E-state index in [9.17, 15) is 8.42 Å². The fourth-order valence-corrected chi connectivity index (χ4v) is 5.27. The first-order chi connectivity index (χ1) is 11.3. The van der Waals surface area contributed by atoms with Crippen LogP contribution in [0.5, 0.6) is 0 Å². The molecule has 24 heavy (non-hydrogen) atoms. The summed E-state index contributed by atoms with van der Waals surface area (Å²) in [5.41, 5.74) is 4.94. The zero-order valence-electron chi connectivity index (χ0n) is 14.9. The minimum Gasteiger partial charge on any atom is -0.468 e. The third-order valence-corrected chi connectivity index (χ3v) is 7.28. The summed E-state index contributed by atoms with van der Waals surface area (Å²) in [6, 6.07) is 3.77. The molecule has 2 aromatic rings. The Balaban J connectivity index is 2.05. The Bertz CT molecular complexity index is 780. The highest BCUT2D eigenvalue weighted by atomic mass is 32.2. The van der Waals surface area contributed by atoms with E-state index in [0.29, 0.717) is 17.2 Å². The SMILES string of the molecule is Cc1c(C)c(C)c(S(=O)(=O)NCCSCc2ccco2)c(C)c1C. The van der Waals surface area contributed by atoms with Crippen LogP contribution in [0.2, 0.25) is 0 Å². The van der Waals surface area contributed by atoms with Gasteiger partial charge < -0.3 is 4.42 Å². The maximum absolute atomic E-state index is 12.7. The number of hydrogen-bond donors (Lipinski definition) is 1. The highest BCUT2D eigenvalue weighted by Crippen LogP contribution is 2.29. The van der Waals surface area contributed by atoms with Gasteiger partial charge in [0.1, 0.15) is 5.76 Å². The predicted molar refractivity (Wildman–Crippen MR) is 100 cm³/mol. The first-order valence-corrected chi connectivity index (χ1v) is 10.6. The predicted octanol–water partition coefficient (Wildman–Crippen LogP) is 4.03. The van der Waals surface area contributed by atoms with E-state index in [1.807, 2.05) is 46.8 Å². The lowest BCUT2D eigenvalue weighted by Gasteiger charge is -2.19. The van der Waals surface area contributed by atoms with Gasteiger partial charge >= 0.3 is 0 Å². The summed E-state index contributed by atoms with van der Waals surface area (Å²) in [4.78, 5) is 0.430. The fraction of sp³-hybridized carbons (Fsp3) is 0.444. The van der Waals surface area contributed by atoms with E-state index in [-0.39, 0.29) is 0 Å². The molecule has 6 heteroatoms. The number of benzene rings is 1. The molecule has 0 bridgehead atoms. The van der Waals surface area contributed by atoms with E-state index >= 15 is 0 Å². The smallest absolute Gasteiger partial charge is 0.241 e. The Morgan fingerprint density at radius 3 is 2.12 bits per heavy atom. The molecule has 0 aliphatic rings. The monoisotopic (exact) mass is 367 g/mol. The lowest BCUT2D eigenvalue weighted by Crippen LogP contribution is -2.28. The van der Waals surface area contributed by atoms with Crippen LogP contribution in [0.3, 0.4) is 0 Å². The van der Waals surface area contributed by atoms with Crippen LogP contribution in [0.25, 0.3) is 0 Å². The summed E-state index contributed by atoms with van der Waals surface area (Å²) in [6.45, 7) is 10.2. The van der Waals surface area contributed by atoms with E-state index in [1.54, 1.807) is 18.0 Å². The van der Waals surface area contributed by atoms with Gasteiger partial charge in [-0.05, 0) is 74.6 Å². The summed E-state index contributed by atoms with van der Waals surface area (Å²) in [5.74, 6) is 2.34. The molecule has 0 fully saturated rings. The fourth-order valence-electron chi connectivity index (χ4n) is 2.76. The second kappa shape index (κ2) is 7.76. The van der Waals surface area contributed by atoms with Crippen molar-refractivity contribution < 1.29 is 12.8 Å². The molecule has 0 saturated carbocycles. The van der Waals surface area contributed by atoms with E-state index < -0.39 is 10.0 Å². The van der Waals surface area contributed by atoms with Crippen molar-refractivity contribution >= 4 is 21.8 Å². The third kappa shape index (κ3) is 4.05. The van der Waals surface area contributed by atoms with Crippen molar-refractivity contribution in [3.8, 4) is 0 Å². The van der Waals surface area contributed by atoms with Gasteiger partial charge in [0.05, 0.1) is 16.9 Å². The van der Waals surface area contributed by atoms with Crippen LogP contribution in [-0.4, -0.2) is 20.7 Å². The van der Waals surface area contributed by atoms with Gasteiger partial charge in [-0.15, -0.1) is 0 Å². The minimum absolute atomic E-state index is 0.401. The third-order valence-electron chi connectivity index (χ3n) is 4.56. The molecule has 1 heterocycles. The average molecular weight is 368 g/mol. The Morgan fingerprint density at radius 1 is 1.00 bits per heavy atom. The molecule has 1 aromatic carbocycles. The zero-order chi connectivity index (χ0) is 17.9. The second-order valence-corrected chi connectivity index (χ2v) is 8.79. The molecule has 0 saturated heterocycles. The number of sulfonamides is 1. The Morgan fingerprint density at radius 2 is 1.58 bits per heavy atom. The van der Waals surface area contributed by atoms with Gasteiger partial charge in [-0.25, -0.2) is 13.1 Å². The van der Waals surface area contributed by atoms with Crippen LogP contribution < -0.4 is 4.72 Å². The summed E-state index contributed by atoms with van der Waals surface area (Å²) < 4.78 is 33.5. The largest absolute Gasteiger partial charge is 0.468 e. The number of nitrogens with one attached hydrogen (secondary N) is 1. The Kier molecular flexibility index (Phi) is 6.17. The van der Waals surface area contributed by atoms with Crippen molar-refractivity contribution in [3.05, 3.63) is 52.0 Å². The van der Waals surface area contributed by atoms with Gasteiger partial charge in [-0.2, -0.15) is 11.8 Å². The van der Waals surface area contributed by atoms with Crippen molar-refractivity contribution in [1.29, 1.82) is 0 Å². The molecular weight excluding hydrogens is 342 g/mol. The molecular formula is C18H25NO3S2. The van der Waals surface area contributed by atoms with Gasteiger partial charge in [-0.3, -0.25) is 0 Å². The van der Waals surface area contributed by atoms with Crippen molar-refractivity contribution in [1.82, 2.24) is 4.72 Å². The van der Waals surface area contributed by atoms with Gasteiger partial charge in [0.2, 0.25) is 10.0 Å². The van der Waals surface area contributed by atoms with Gasteiger partial charge in [0.15, 0.2) is 0 Å². The number of hydrogen-bond acceptors (Lipinski definition) is 4. The first-order valence-electron chi connectivity index (χ1n) is 7.92. The molecule has 0 spiro atoms. The van der Waals surface area contributed by atoms with Crippen molar-refractivity contribution in [3.63, 3.8) is 0 Å². The standard InChI is InChI=1S/C18H25NO3S2/c1-12-13(2)15(4)18(16(5)14(12)3)24(20,21)19-8-10-23-11-17-7-6-9-22-17/h6-7,9,19H,8,10-11H2,1-5H3. The first kappa shape index (κ1) is 19.1. The molecule has 132 valence electrons. The minimum atomic E-state index is -3.50. The molecule has 0 radical (unpaired) electrons. The molecule has 0 atom stereocenters. The van der Waals surface area contributed by atoms with Crippen LogP contribution in [-0.2, 0) is 15.8 Å². The van der Waals surface area contributed by atoms with Gasteiger partial charge in [0, 0.05) is 12.3 Å². The molecule has 4 nitrogen and oxygen atoms in total. The maximum Gasteiger partial charge on any atom is 0.241 e. The molecule has 1 N–H and O–H groups in total. The number of rotatable bonds is 7. The van der Waals surface area contributed by atoms with E-state index in [0.717, 1.165) is 39.3 Å². The van der Waals surface area contributed by atoms with Crippen LogP contribution >= 0.6 is 11.8 Å². The maximum atomic E-state index is 12.7. The zero-order valence-corrected chi connectivity index (χ0v) is 16.5. The van der Waals surface area contributed by atoms with Crippen LogP contribution in [0.1, 0.15) is 33.6 Å². The van der Waals surface area contributed by atoms with Crippen molar-refractivity contribution in [2.75, 3.05) is 12.3 Å². The molecule has 2 rings (SSSR count). The van der Waals surface area contributed by atoms with Crippen LogP contribution in [0.4, 0.5) is 0 Å². The van der Waals surface area contributed by atoms with Crippen molar-refractivity contribution in [2.24, 2.45) is 0 Å². The lowest BCUT2D eigenvalue weighted by molar-refractivity contribution is 0.530. The molecule has 0 unspecified atom stereocenters. The average Bonchev–Trinajstić information content (AvgIpc) is 3.04. The normalized spacial score (nSPS) is 11.9. The van der Waals surface area contributed by atoms with Crippen LogP contribution in [0.15, 0.2) is 27.7 Å². The molecule has 0 aliphatic carbocycles. The quantitative estimate of drug-likeness (QED) is 0.751. The molecule has 0 aliphatic heterocycles. The Hall–Kier alpha value is -1.24. The second-order valence-electron chi connectivity index (χ2n) is 5.98. The summed E-state index contributed by atoms with van der Waals surface area (Å²) >= 11 is 1.64. The number of thioether (sulfide) groups is 1. The van der Waals surface area contributed by atoms with E-state index in [2.05, 4.69) is 4.72 Å². The van der Waals surface area contributed by atoms with Crippen LogP contribution in [0, 0.1) is 34.6 Å². The highest BCUT2D eigenvalue weighted by Gasteiger charge is 2.23. The van der Waals surface area contributed by atoms with E-state index in [4.69, 9.17) is 4.42 Å². The molecule has 1 aromatic heterocycles. The van der Waals surface area contributed by atoms with E-state index in [1.165, 1.54) is 0 Å². The number of furan rings is 1. The topological polar surface area (TPSA) is 59.3 Å². The highest BCUT2D eigenvalue weighted by molar-refractivity contribution is 7.98. The summed E-state index contributed by atoms with van der Waals surface area (Å²) in [5, 5.41) is 0. The lowest BCUT2D eigenvalue weighted by atomic mass is 9.95. The van der Waals surface area contributed by atoms with Gasteiger partial charge in [-0.1, -0.05) is 0 Å². The summed E-state index contributed by atoms with van der Waals surface area (Å²) in [7, 11) is -3.50. The van der Waals surface area contributed by atoms with Crippen molar-refractivity contribution in [2.45, 2.75) is 45.3 Å². The molecule has 0 amide bonds. The Labute approximate surface area is 149 Å². The van der Waals surface area contributed by atoms with Gasteiger partial charge in [0.25, 0.3) is 0 Å².